The SMILES string of the molecule is NCCCCCC(=O)NCC1CCCOC1. The monoisotopic (exact) mass is 228 g/mol. The van der Waals surface area contributed by atoms with Crippen molar-refractivity contribution in [3.05, 3.63) is 0 Å². The highest BCUT2D eigenvalue weighted by atomic mass is 16.5. The van der Waals surface area contributed by atoms with Gasteiger partial charge in [-0.2, -0.15) is 0 Å². The molecule has 1 saturated heterocycles. The molecule has 1 fully saturated rings. The maximum atomic E-state index is 11.5. The summed E-state index contributed by atoms with van der Waals surface area (Å²) >= 11 is 0. The van der Waals surface area contributed by atoms with Gasteiger partial charge in [0.2, 0.25) is 5.91 Å². The molecule has 1 atom stereocenters. The molecule has 1 aliphatic heterocycles. The lowest BCUT2D eigenvalue weighted by molar-refractivity contribution is -0.121. The van der Waals surface area contributed by atoms with E-state index in [2.05, 4.69) is 5.32 Å². The number of carbonyl (C=O) groups is 1. The van der Waals surface area contributed by atoms with E-state index in [0.717, 1.165) is 52.0 Å². The van der Waals surface area contributed by atoms with Gasteiger partial charge in [-0.05, 0) is 38.1 Å². The van der Waals surface area contributed by atoms with Crippen LogP contribution in [0, 0.1) is 5.92 Å². The van der Waals surface area contributed by atoms with Gasteiger partial charge in [-0.3, -0.25) is 4.79 Å². The molecule has 0 aromatic heterocycles. The fourth-order valence-corrected chi connectivity index (χ4v) is 1.92. The van der Waals surface area contributed by atoms with Gasteiger partial charge in [0.15, 0.2) is 0 Å². The van der Waals surface area contributed by atoms with Crippen LogP contribution >= 0.6 is 0 Å². The van der Waals surface area contributed by atoms with E-state index in [0.29, 0.717) is 12.3 Å². The first-order valence-corrected chi connectivity index (χ1v) is 6.37. The molecule has 1 heterocycles. The van der Waals surface area contributed by atoms with Crippen molar-refractivity contribution in [2.75, 3.05) is 26.3 Å². The molecule has 1 amide bonds. The Morgan fingerprint density at radius 3 is 2.94 bits per heavy atom. The van der Waals surface area contributed by atoms with Gasteiger partial charge in [0.1, 0.15) is 0 Å². The Morgan fingerprint density at radius 2 is 2.25 bits per heavy atom. The second-order valence-electron chi connectivity index (χ2n) is 4.49. The third-order valence-electron chi connectivity index (χ3n) is 2.95. The molecule has 0 aromatic carbocycles. The molecular formula is C12H24N2O2. The Kier molecular flexibility index (Phi) is 7.17. The van der Waals surface area contributed by atoms with Crippen LogP contribution in [-0.4, -0.2) is 32.2 Å². The van der Waals surface area contributed by atoms with E-state index in [1.165, 1.54) is 6.42 Å². The number of nitrogens with one attached hydrogen (secondary N) is 1. The zero-order valence-corrected chi connectivity index (χ0v) is 10.0. The molecule has 1 aliphatic rings. The van der Waals surface area contributed by atoms with Crippen molar-refractivity contribution < 1.29 is 9.53 Å². The number of hydrogen-bond donors (Lipinski definition) is 2. The second-order valence-corrected chi connectivity index (χ2v) is 4.49. The zero-order chi connectivity index (χ0) is 11.6. The van der Waals surface area contributed by atoms with Crippen LogP contribution in [-0.2, 0) is 9.53 Å². The van der Waals surface area contributed by atoms with Gasteiger partial charge in [0.05, 0.1) is 6.61 Å². The summed E-state index contributed by atoms with van der Waals surface area (Å²) in [6, 6.07) is 0. The molecule has 0 saturated carbocycles. The first-order valence-electron chi connectivity index (χ1n) is 6.37. The maximum absolute atomic E-state index is 11.5. The normalized spacial score (nSPS) is 20.7. The Balaban J connectivity index is 1.96. The molecule has 16 heavy (non-hydrogen) atoms. The summed E-state index contributed by atoms with van der Waals surface area (Å²) in [5.74, 6) is 0.685. The molecule has 0 spiro atoms. The molecule has 94 valence electrons. The Morgan fingerprint density at radius 1 is 1.38 bits per heavy atom. The lowest BCUT2D eigenvalue weighted by Gasteiger charge is -2.22. The van der Waals surface area contributed by atoms with Gasteiger partial charge in [-0.25, -0.2) is 0 Å². The summed E-state index contributed by atoms with van der Waals surface area (Å²) in [7, 11) is 0. The number of unbranched alkanes of at least 4 members (excludes halogenated alkanes) is 2. The molecule has 0 aliphatic carbocycles. The topological polar surface area (TPSA) is 64.4 Å². The van der Waals surface area contributed by atoms with Crippen LogP contribution in [0.5, 0.6) is 0 Å². The van der Waals surface area contributed by atoms with Crippen molar-refractivity contribution >= 4 is 5.91 Å². The van der Waals surface area contributed by atoms with Crippen LogP contribution in [0.25, 0.3) is 0 Å². The van der Waals surface area contributed by atoms with Crippen LogP contribution in [0.3, 0.4) is 0 Å². The average Bonchev–Trinajstić information content (AvgIpc) is 2.33. The van der Waals surface area contributed by atoms with E-state index in [9.17, 15) is 4.79 Å². The molecule has 0 radical (unpaired) electrons. The summed E-state index contributed by atoms with van der Waals surface area (Å²) in [5, 5.41) is 2.98. The number of hydrogen-bond acceptors (Lipinski definition) is 3. The molecule has 1 unspecified atom stereocenters. The molecule has 0 aromatic rings. The van der Waals surface area contributed by atoms with Crippen molar-refractivity contribution in [1.82, 2.24) is 5.32 Å². The van der Waals surface area contributed by atoms with E-state index in [4.69, 9.17) is 10.5 Å². The average molecular weight is 228 g/mol. The van der Waals surface area contributed by atoms with Gasteiger partial charge in [0, 0.05) is 19.6 Å². The highest BCUT2D eigenvalue weighted by Crippen LogP contribution is 2.12. The first kappa shape index (κ1) is 13.5. The number of nitrogens with two attached hydrogens (primary N) is 1. The van der Waals surface area contributed by atoms with E-state index >= 15 is 0 Å². The van der Waals surface area contributed by atoms with E-state index in [1.807, 2.05) is 0 Å². The predicted octanol–water partition coefficient (Wildman–Crippen LogP) is 1.05. The van der Waals surface area contributed by atoms with Gasteiger partial charge in [-0.15, -0.1) is 0 Å². The molecule has 4 heteroatoms. The minimum atomic E-state index is 0.169. The zero-order valence-electron chi connectivity index (χ0n) is 10.0. The van der Waals surface area contributed by atoms with Gasteiger partial charge in [0.25, 0.3) is 0 Å². The minimum absolute atomic E-state index is 0.169. The Labute approximate surface area is 97.9 Å². The van der Waals surface area contributed by atoms with Gasteiger partial charge < -0.3 is 15.8 Å². The standard InChI is InChI=1S/C12H24N2O2/c13-7-3-1-2-6-12(15)14-9-11-5-4-8-16-10-11/h11H,1-10,13H2,(H,14,15). The largest absolute Gasteiger partial charge is 0.381 e. The van der Waals surface area contributed by atoms with Crippen LogP contribution in [0.4, 0.5) is 0 Å². The fraction of sp³-hybridized carbons (Fsp3) is 0.917. The maximum Gasteiger partial charge on any atom is 0.220 e. The number of amides is 1. The lowest BCUT2D eigenvalue weighted by atomic mass is 10.0. The number of carbonyl (C=O) groups excluding carboxylic acids is 1. The highest BCUT2D eigenvalue weighted by molar-refractivity contribution is 5.75. The van der Waals surface area contributed by atoms with E-state index in [-0.39, 0.29) is 5.91 Å². The van der Waals surface area contributed by atoms with Gasteiger partial charge in [-0.1, -0.05) is 6.42 Å². The van der Waals surface area contributed by atoms with Crippen LogP contribution in [0.15, 0.2) is 0 Å². The Bertz CT molecular complexity index is 191. The molecule has 4 nitrogen and oxygen atoms in total. The van der Waals surface area contributed by atoms with Crippen molar-refractivity contribution in [3.8, 4) is 0 Å². The smallest absolute Gasteiger partial charge is 0.220 e. The third kappa shape index (κ3) is 6.08. The quantitative estimate of drug-likeness (QED) is 0.640. The fourth-order valence-electron chi connectivity index (χ4n) is 1.92. The second kappa shape index (κ2) is 8.53. The van der Waals surface area contributed by atoms with Crippen molar-refractivity contribution in [2.24, 2.45) is 11.7 Å². The van der Waals surface area contributed by atoms with E-state index < -0.39 is 0 Å². The van der Waals surface area contributed by atoms with Crippen LogP contribution in [0.2, 0.25) is 0 Å². The van der Waals surface area contributed by atoms with Crippen molar-refractivity contribution in [2.45, 2.75) is 38.5 Å². The third-order valence-corrected chi connectivity index (χ3v) is 2.95. The summed E-state index contributed by atoms with van der Waals surface area (Å²) in [5.41, 5.74) is 5.39. The van der Waals surface area contributed by atoms with Crippen LogP contribution < -0.4 is 11.1 Å². The summed E-state index contributed by atoms with van der Waals surface area (Å²) in [4.78, 5) is 11.5. The summed E-state index contributed by atoms with van der Waals surface area (Å²) < 4.78 is 5.36. The first-order chi connectivity index (χ1) is 7.83. The molecule has 0 bridgehead atoms. The molecule has 1 rings (SSSR count). The van der Waals surface area contributed by atoms with Crippen molar-refractivity contribution in [3.63, 3.8) is 0 Å². The molecule has 3 N–H and O–H groups in total. The Hall–Kier alpha value is -0.610. The summed E-state index contributed by atoms with van der Waals surface area (Å²) in [6.07, 6.45) is 5.95. The number of ether oxygens (including phenoxy) is 1. The van der Waals surface area contributed by atoms with E-state index in [1.54, 1.807) is 0 Å². The van der Waals surface area contributed by atoms with Crippen LogP contribution in [0.1, 0.15) is 38.5 Å². The summed E-state index contributed by atoms with van der Waals surface area (Å²) in [6.45, 7) is 3.17. The predicted molar refractivity (Wildman–Crippen MR) is 64.1 cm³/mol. The highest BCUT2D eigenvalue weighted by Gasteiger charge is 2.14. The van der Waals surface area contributed by atoms with Gasteiger partial charge >= 0.3 is 0 Å². The minimum Gasteiger partial charge on any atom is -0.381 e. The lowest BCUT2D eigenvalue weighted by Crippen LogP contribution is -2.33. The number of rotatable bonds is 7. The van der Waals surface area contributed by atoms with Crippen molar-refractivity contribution in [1.29, 1.82) is 0 Å². The molecular weight excluding hydrogens is 204 g/mol.